The number of hydrogen-bond acceptors (Lipinski definition) is 4. The fourth-order valence-electron chi connectivity index (χ4n) is 2.70. The van der Waals surface area contributed by atoms with Crippen LogP contribution < -0.4 is 14.4 Å². The van der Waals surface area contributed by atoms with Crippen molar-refractivity contribution in [3.8, 4) is 5.75 Å². The molecule has 0 aromatic heterocycles. The lowest BCUT2D eigenvalue weighted by Crippen LogP contribution is -2.30. The van der Waals surface area contributed by atoms with Gasteiger partial charge in [-0.25, -0.2) is 12.8 Å². The molecule has 29 heavy (non-hydrogen) atoms. The summed E-state index contributed by atoms with van der Waals surface area (Å²) < 4.78 is 44.9. The number of sulfonamides is 1. The van der Waals surface area contributed by atoms with Crippen molar-refractivity contribution >= 4 is 21.6 Å². The summed E-state index contributed by atoms with van der Waals surface area (Å²) in [5, 5.41) is 2.85. The smallest absolute Gasteiger partial charge is 0.251 e. The maximum absolute atomic E-state index is 13.3. The molecule has 0 saturated heterocycles. The molecule has 1 amide bonds. The molecule has 0 spiro atoms. The van der Waals surface area contributed by atoms with Crippen LogP contribution in [0.3, 0.4) is 0 Å². The Labute approximate surface area is 171 Å². The molecule has 0 aliphatic carbocycles. The zero-order chi connectivity index (χ0) is 21.6. The maximum atomic E-state index is 13.3. The van der Waals surface area contributed by atoms with Gasteiger partial charge in [-0.15, -0.1) is 0 Å². The van der Waals surface area contributed by atoms with E-state index < -0.39 is 15.8 Å². The highest BCUT2D eigenvalue weighted by atomic mass is 32.2. The average molecular weight is 423 g/mol. The van der Waals surface area contributed by atoms with E-state index in [4.69, 9.17) is 4.74 Å². The minimum Gasteiger partial charge on any atom is -0.494 e. The molecule has 0 atom stereocenters. The average Bonchev–Trinajstić information content (AvgIpc) is 2.65. The van der Waals surface area contributed by atoms with Crippen molar-refractivity contribution < 1.29 is 22.3 Å². The third kappa shape index (κ3) is 6.45. The van der Waals surface area contributed by atoms with E-state index in [9.17, 15) is 17.6 Å². The summed E-state index contributed by atoms with van der Waals surface area (Å²) in [6, 6.07) is 10.1. The summed E-state index contributed by atoms with van der Waals surface area (Å²) in [5.74, 6) is 0.0979. The maximum Gasteiger partial charge on any atom is 0.251 e. The summed E-state index contributed by atoms with van der Waals surface area (Å²) in [5.41, 5.74) is 1.28. The summed E-state index contributed by atoms with van der Waals surface area (Å²) in [4.78, 5) is 12.4. The van der Waals surface area contributed by atoms with Crippen LogP contribution in [0.2, 0.25) is 0 Å². The van der Waals surface area contributed by atoms with E-state index in [1.807, 2.05) is 20.8 Å². The quantitative estimate of drug-likeness (QED) is 0.670. The first-order valence-corrected chi connectivity index (χ1v) is 11.2. The zero-order valence-corrected chi connectivity index (χ0v) is 17.9. The standard InChI is InChI=1S/C21H27FN2O4S/c1-5-28-20-11-6-16(21(25)23-13-15(2)3)12-17(20)14-24(29(4,26)27)19-9-7-18(22)8-10-19/h6-12,15H,5,13-14H2,1-4H3,(H,23,25). The molecule has 158 valence electrons. The lowest BCUT2D eigenvalue weighted by atomic mass is 10.1. The number of amides is 1. The van der Waals surface area contributed by atoms with E-state index in [0.29, 0.717) is 41.6 Å². The molecule has 0 saturated carbocycles. The minimum absolute atomic E-state index is 0.0505. The molecule has 0 aliphatic rings. The predicted molar refractivity (Wildman–Crippen MR) is 112 cm³/mol. The largest absolute Gasteiger partial charge is 0.494 e. The number of ether oxygens (including phenoxy) is 1. The van der Waals surface area contributed by atoms with Crippen molar-refractivity contribution in [3.63, 3.8) is 0 Å². The molecule has 0 unspecified atom stereocenters. The number of rotatable bonds is 9. The molecule has 2 aromatic rings. The number of carbonyl (C=O) groups excluding carboxylic acids is 1. The number of nitrogens with one attached hydrogen (secondary N) is 1. The monoisotopic (exact) mass is 422 g/mol. The Hall–Kier alpha value is -2.61. The number of benzene rings is 2. The van der Waals surface area contributed by atoms with Crippen LogP contribution in [0.4, 0.5) is 10.1 Å². The Bertz CT molecular complexity index is 944. The van der Waals surface area contributed by atoms with E-state index >= 15 is 0 Å². The van der Waals surface area contributed by atoms with Crippen LogP contribution in [0.1, 0.15) is 36.7 Å². The van der Waals surface area contributed by atoms with Crippen molar-refractivity contribution in [2.24, 2.45) is 5.92 Å². The Morgan fingerprint density at radius 1 is 1.17 bits per heavy atom. The van der Waals surface area contributed by atoms with Crippen LogP contribution in [-0.2, 0) is 16.6 Å². The number of nitrogens with zero attached hydrogens (tertiary/aromatic N) is 1. The van der Waals surface area contributed by atoms with Crippen molar-refractivity contribution in [3.05, 3.63) is 59.4 Å². The van der Waals surface area contributed by atoms with E-state index in [0.717, 1.165) is 10.6 Å². The minimum atomic E-state index is -3.66. The van der Waals surface area contributed by atoms with Crippen LogP contribution in [0.15, 0.2) is 42.5 Å². The molecule has 2 aromatic carbocycles. The fraction of sp³-hybridized carbons (Fsp3) is 0.381. The number of carbonyl (C=O) groups is 1. The first kappa shape index (κ1) is 22.7. The van der Waals surface area contributed by atoms with E-state index in [1.165, 1.54) is 24.3 Å². The molecule has 6 nitrogen and oxygen atoms in total. The SMILES string of the molecule is CCOc1ccc(C(=O)NCC(C)C)cc1CN(c1ccc(F)cc1)S(C)(=O)=O. The Kier molecular flexibility index (Phi) is 7.61. The summed E-state index contributed by atoms with van der Waals surface area (Å²) in [7, 11) is -3.66. The van der Waals surface area contributed by atoms with Gasteiger partial charge in [0.15, 0.2) is 0 Å². The van der Waals surface area contributed by atoms with Gasteiger partial charge < -0.3 is 10.1 Å². The molecule has 8 heteroatoms. The molecule has 0 fully saturated rings. The highest BCUT2D eigenvalue weighted by Crippen LogP contribution is 2.27. The van der Waals surface area contributed by atoms with Crippen LogP contribution in [-0.4, -0.2) is 33.7 Å². The number of hydrogen-bond donors (Lipinski definition) is 1. The van der Waals surface area contributed by atoms with Gasteiger partial charge in [0, 0.05) is 17.7 Å². The molecule has 0 aliphatic heterocycles. The molecular weight excluding hydrogens is 395 g/mol. The zero-order valence-electron chi connectivity index (χ0n) is 17.1. The lowest BCUT2D eigenvalue weighted by Gasteiger charge is -2.24. The molecule has 2 rings (SSSR count). The van der Waals surface area contributed by atoms with Crippen molar-refractivity contribution in [2.45, 2.75) is 27.3 Å². The van der Waals surface area contributed by atoms with Crippen LogP contribution in [0.5, 0.6) is 5.75 Å². The van der Waals surface area contributed by atoms with Crippen molar-refractivity contribution in [1.82, 2.24) is 5.32 Å². The van der Waals surface area contributed by atoms with Gasteiger partial charge in [-0.3, -0.25) is 9.10 Å². The van der Waals surface area contributed by atoms with Crippen LogP contribution in [0.25, 0.3) is 0 Å². The van der Waals surface area contributed by atoms with Crippen molar-refractivity contribution in [1.29, 1.82) is 0 Å². The third-order valence-electron chi connectivity index (χ3n) is 4.12. The second-order valence-electron chi connectivity index (χ2n) is 7.11. The highest BCUT2D eigenvalue weighted by Gasteiger charge is 2.21. The Morgan fingerprint density at radius 3 is 2.38 bits per heavy atom. The van der Waals surface area contributed by atoms with Gasteiger partial charge in [0.1, 0.15) is 11.6 Å². The van der Waals surface area contributed by atoms with Gasteiger partial charge in [-0.1, -0.05) is 13.8 Å². The van der Waals surface area contributed by atoms with Gasteiger partial charge in [0.2, 0.25) is 10.0 Å². The highest BCUT2D eigenvalue weighted by molar-refractivity contribution is 7.92. The molecule has 1 N–H and O–H groups in total. The summed E-state index contributed by atoms with van der Waals surface area (Å²) in [6.45, 7) is 6.69. The van der Waals surface area contributed by atoms with Gasteiger partial charge in [0.05, 0.1) is 25.1 Å². The van der Waals surface area contributed by atoms with Gasteiger partial charge >= 0.3 is 0 Å². The normalized spacial score (nSPS) is 11.4. The fourth-order valence-corrected chi connectivity index (χ4v) is 3.58. The van der Waals surface area contributed by atoms with Crippen molar-refractivity contribution in [2.75, 3.05) is 23.7 Å². The first-order valence-electron chi connectivity index (χ1n) is 9.39. The van der Waals surface area contributed by atoms with Gasteiger partial charge in [-0.05, 0) is 55.3 Å². The second kappa shape index (κ2) is 9.73. The predicted octanol–water partition coefficient (Wildman–Crippen LogP) is 3.58. The van der Waals surface area contributed by atoms with E-state index in [-0.39, 0.29) is 12.5 Å². The van der Waals surface area contributed by atoms with Crippen LogP contribution in [0, 0.1) is 11.7 Å². The third-order valence-corrected chi connectivity index (χ3v) is 5.26. The topological polar surface area (TPSA) is 75.7 Å². The molecular formula is C21H27FN2O4S. The second-order valence-corrected chi connectivity index (χ2v) is 9.01. The first-order chi connectivity index (χ1) is 13.6. The molecule has 0 heterocycles. The molecule has 0 bridgehead atoms. The Morgan fingerprint density at radius 2 is 1.83 bits per heavy atom. The molecule has 0 radical (unpaired) electrons. The number of halogens is 1. The van der Waals surface area contributed by atoms with Crippen LogP contribution >= 0.6 is 0 Å². The lowest BCUT2D eigenvalue weighted by molar-refractivity contribution is 0.0949. The summed E-state index contributed by atoms with van der Waals surface area (Å²) in [6.07, 6.45) is 1.08. The van der Waals surface area contributed by atoms with E-state index in [2.05, 4.69) is 5.32 Å². The summed E-state index contributed by atoms with van der Waals surface area (Å²) >= 11 is 0. The van der Waals surface area contributed by atoms with Gasteiger partial charge in [0.25, 0.3) is 5.91 Å². The number of anilines is 1. The Balaban J connectivity index is 2.41. The van der Waals surface area contributed by atoms with E-state index in [1.54, 1.807) is 18.2 Å². The van der Waals surface area contributed by atoms with Gasteiger partial charge in [-0.2, -0.15) is 0 Å².